The highest BCUT2D eigenvalue weighted by atomic mass is 16.2. The van der Waals surface area contributed by atoms with Crippen molar-refractivity contribution in [2.45, 2.75) is 64.5 Å². The first-order chi connectivity index (χ1) is 7.98. The van der Waals surface area contributed by atoms with Crippen LogP contribution in [0.3, 0.4) is 0 Å². The van der Waals surface area contributed by atoms with E-state index in [2.05, 4.69) is 19.2 Å². The van der Waals surface area contributed by atoms with Gasteiger partial charge in [0.25, 0.3) is 0 Å². The quantitative estimate of drug-likeness (QED) is 0.748. The number of amides is 1. The molecule has 1 saturated heterocycles. The second-order valence-electron chi connectivity index (χ2n) is 6.56. The van der Waals surface area contributed by atoms with E-state index in [1.807, 2.05) is 11.9 Å². The lowest BCUT2D eigenvalue weighted by molar-refractivity contribution is -0.128. The van der Waals surface area contributed by atoms with Gasteiger partial charge in [0.15, 0.2) is 0 Å². The molecule has 17 heavy (non-hydrogen) atoms. The number of nitrogens with one attached hydrogen (secondary N) is 1. The minimum absolute atomic E-state index is 0.0891. The first-order valence-corrected chi connectivity index (χ1v) is 6.99. The molecule has 1 aliphatic carbocycles. The molecule has 3 nitrogen and oxygen atoms in total. The van der Waals surface area contributed by atoms with Crippen LogP contribution in [0.25, 0.3) is 0 Å². The molecule has 1 saturated carbocycles. The van der Waals surface area contributed by atoms with Gasteiger partial charge in [0, 0.05) is 19.6 Å². The number of carbonyl (C=O) groups excluding carboxylic acids is 1. The van der Waals surface area contributed by atoms with Crippen molar-refractivity contribution in [3.63, 3.8) is 0 Å². The van der Waals surface area contributed by atoms with E-state index in [9.17, 15) is 4.79 Å². The molecule has 3 heteroatoms. The molecule has 0 aromatic rings. The molecule has 1 amide bonds. The first kappa shape index (κ1) is 12.9. The Morgan fingerprint density at radius 1 is 1.24 bits per heavy atom. The largest absolute Gasteiger partial charge is 0.344 e. The van der Waals surface area contributed by atoms with Gasteiger partial charge < -0.3 is 10.2 Å². The van der Waals surface area contributed by atoms with Gasteiger partial charge in [-0.15, -0.1) is 0 Å². The number of likely N-dealkylation sites (tertiary alicyclic amines) is 1. The molecule has 1 N–H and O–H groups in total. The predicted octanol–water partition coefficient (Wildman–Crippen LogP) is 2.17. The van der Waals surface area contributed by atoms with E-state index in [-0.39, 0.29) is 11.9 Å². The van der Waals surface area contributed by atoms with E-state index in [1.165, 1.54) is 32.1 Å². The molecular weight excluding hydrogens is 212 g/mol. The maximum Gasteiger partial charge on any atom is 0.239 e. The standard InChI is InChI=1S/C14H26N2O/c1-14(2)8-4-5-11(6-9-14)15-12-7-10-16(3)13(12)17/h11-12,15H,4-10H2,1-3H3. The van der Waals surface area contributed by atoms with Crippen LogP contribution >= 0.6 is 0 Å². The maximum atomic E-state index is 11.9. The molecule has 2 atom stereocenters. The molecule has 1 heterocycles. The van der Waals surface area contributed by atoms with Crippen molar-refractivity contribution in [3.8, 4) is 0 Å². The predicted molar refractivity (Wildman–Crippen MR) is 69.8 cm³/mol. The highest BCUT2D eigenvalue weighted by molar-refractivity contribution is 5.83. The van der Waals surface area contributed by atoms with Crippen LogP contribution in [0.1, 0.15) is 52.4 Å². The van der Waals surface area contributed by atoms with E-state index in [0.29, 0.717) is 11.5 Å². The minimum atomic E-state index is 0.0891. The lowest BCUT2D eigenvalue weighted by Crippen LogP contribution is -2.42. The molecule has 0 aromatic carbocycles. The lowest BCUT2D eigenvalue weighted by Gasteiger charge is -2.23. The number of hydrogen-bond donors (Lipinski definition) is 1. The normalized spacial score (nSPS) is 33.8. The van der Waals surface area contributed by atoms with Crippen LogP contribution in [0.4, 0.5) is 0 Å². The monoisotopic (exact) mass is 238 g/mol. The molecule has 2 rings (SSSR count). The molecule has 0 spiro atoms. The molecule has 98 valence electrons. The van der Waals surface area contributed by atoms with Gasteiger partial charge in [0.05, 0.1) is 6.04 Å². The Hall–Kier alpha value is -0.570. The van der Waals surface area contributed by atoms with Gasteiger partial charge in [-0.2, -0.15) is 0 Å². The number of hydrogen-bond acceptors (Lipinski definition) is 2. The van der Waals surface area contributed by atoms with Crippen molar-refractivity contribution in [3.05, 3.63) is 0 Å². The van der Waals surface area contributed by atoms with Crippen LogP contribution in [-0.4, -0.2) is 36.5 Å². The number of carbonyl (C=O) groups is 1. The molecule has 2 aliphatic rings. The Bertz CT molecular complexity index is 288. The number of nitrogens with zero attached hydrogens (tertiary/aromatic N) is 1. The number of likely N-dealkylation sites (N-methyl/N-ethyl adjacent to an activating group) is 1. The summed E-state index contributed by atoms with van der Waals surface area (Å²) in [4.78, 5) is 13.7. The second-order valence-corrected chi connectivity index (χ2v) is 6.56. The second kappa shape index (κ2) is 4.97. The average molecular weight is 238 g/mol. The van der Waals surface area contributed by atoms with Crippen molar-refractivity contribution in [1.29, 1.82) is 0 Å². The zero-order valence-corrected chi connectivity index (χ0v) is 11.5. The Morgan fingerprint density at radius 2 is 2.00 bits per heavy atom. The van der Waals surface area contributed by atoms with Crippen LogP contribution < -0.4 is 5.32 Å². The van der Waals surface area contributed by atoms with Crippen molar-refractivity contribution in [2.24, 2.45) is 5.41 Å². The van der Waals surface area contributed by atoms with Gasteiger partial charge in [-0.1, -0.05) is 20.3 Å². The van der Waals surface area contributed by atoms with Crippen LogP contribution in [0.15, 0.2) is 0 Å². The highest BCUT2D eigenvalue weighted by Crippen LogP contribution is 2.34. The summed E-state index contributed by atoms with van der Waals surface area (Å²) < 4.78 is 0. The average Bonchev–Trinajstić information content (AvgIpc) is 2.48. The summed E-state index contributed by atoms with van der Waals surface area (Å²) in [5, 5.41) is 3.58. The Labute approximate surface area is 105 Å². The zero-order chi connectivity index (χ0) is 12.5. The third-order valence-corrected chi connectivity index (χ3v) is 4.44. The summed E-state index contributed by atoms with van der Waals surface area (Å²) in [5.41, 5.74) is 0.493. The Balaban J connectivity index is 1.85. The van der Waals surface area contributed by atoms with E-state index in [4.69, 9.17) is 0 Å². The van der Waals surface area contributed by atoms with Crippen LogP contribution in [0.2, 0.25) is 0 Å². The summed E-state index contributed by atoms with van der Waals surface area (Å²) in [6, 6.07) is 0.642. The minimum Gasteiger partial charge on any atom is -0.344 e. The summed E-state index contributed by atoms with van der Waals surface area (Å²) in [6.45, 7) is 5.64. The zero-order valence-electron chi connectivity index (χ0n) is 11.5. The van der Waals surface area contributed by atoms with E-state index >= 15 is 0 Å². The maximum absolute atomic E-state index is 11.9. The molecule has 2 fully saturated rings. The molecular formula is C14H26N2O. The third kappa shape index (κ3) is 3.21. The van der Waals surface area contributed by atoms with E-state index < -0.39 is 0 Å². The molecule has 2 unspecified atom stereocenters. The fourth-order valence-electron chi connectivity index (χ4n) is 3.09. The van der Waals surface area contributed by atoms with Gasteiger partial charge >= 0.3 is 0 Å². The van der Waals surface area contributed by atoms with Crippen LogP contribution in [-0.2, 0) is 4.79 Å². The summed E-state index contributed by atoms with van der Waals surface area (Å²) in [5.74, 6) is 0.286. The SMILES string of the molecule is CN1CCC(NC2CCCC(C)(C)CC2)C1=O. The Morgan fingerprint density at radius 3 is 2.65 bits per heavy atom. The van der Waals surface area contributed by atoms with Gasteiger partial charge in [0.1, 0.15) is 0 Å². The summed E-state index contributed by atoms with van der Waals surface area (Å²) in [7, 11) is 1.90. The van der Waals surface area contributed by atoms with Gasteiger partial charge in [0.2, 0.25) is 5.91 Å². The van der Waals surface area contributed by atoms with E-state index in [0.717, 1.165) is 13.0 Å². The lowest BCUT2D eigenvalue weighted by atomic mass is 9.85. The summed E-state index contributed by atoms with van der Waals surface area (Å²) >= 11 is 0. The molecule has 0 aromatic heterocycles. The van der Waals surface area contributed by atoms with Crippen molar-refractivity contribution in [2.75, 3.05) is 13.6 Å². The van der Waals surface area contributed by atoms with Crippen molar-refractivity contribution in [1.82, 2.24) is 10.2 Å². The molecule has 1 aliphatic heterocycles. The third-order valence-electron chi connectivity index (χ3n) is 4.44. The van der Waals surface area contributed by atoms with E-state index in [1.54, 1.807) is 0 Å². The topological polar surface area (TPSA) is 32.3 Å². The fraction of sp³-hybridized carbons (Fsp3) is 0.929. The molecule has 0 bridgehead atoms. The highest BCUT2D eigenvalue weighted by Gasteiger charge is 2.32. The van der Waals surface area contributed by atoms with Crippen molar-refractivity contribution < 1.29 is 4.79 Å². The van der Waals surface area contributed by atoms with Gasteiger partial charge in [-0.3, -0.25) is 4.79 Å². The molecule has 0 radical (unpaired) electrons. The summed E-state index contributed by atoms with van der Waals surface area (Å²) in [6.07, 6.45) is 7.33. The first-order valence-electron chi connectivity index (χ1n) is 6.99. The van der Waals surface area contributed by atoms with Crippen LogP contribution in [0.5, 0.6) is 0 Å². The van der Waals surface area contributed by atoms with Gasteiger partial charge in [-0.25, -0.2) is 0 Å². The Kier molecular flexibility index (Phi) is 3.76. The smallest absolute Gasteiger partial charge is 0.239 e. The van der Waals surface area contributed by atoms with Crippen LogP contribution in [0, 0.1) is 5.41 Å². The fourth-order valence-corrected chi connectivity index (χ4v) is 3.09. The van der Waals surface area contributed by atoms with Gasteiger partial charge in [-0.05, 0) is 37.5 Å². The number of rotatable bonds is 2. The van der Waals surface area contributed by atoms with Crippen molar-refractivity contribution >= 4 is 5.91 Å².